The molecule has 1 aliphatic rings. The largest absolute Gasteiger partial charge is 0.345 e. The molecule has 4 rings (SSSR count). The molecular weight excluding hydrogens is 352 g/mol. The number of amides is 2. The first-order chi connectivity index (χ1) is 13.5. The van der Waals surface area contributed by atoms with E-state index >= 15 is 0 Å². The predicted molar refractivity (Wildman–Crippen MR) is 109 cm³/mol. The molecule has 3 aromatic rings. The van der Waals surface area contributed by atoms with E-state index < -0.39 is 0 Å². The molecule has 0 radical (unpaired) electrons. The van der Waals surface area contributed by atoms with Crippen molar-refractivity contribution in [1.82, 2.24) is 14.5 Å². The third-order valence-corrected chi connectivity index (χ3v) is 5.36. The smallest absolute Gasteiger partial charge is 0.229 e. The maximum absolute atomic E-state index is 12.7. The van der Waals surface area contributed by atoms with Gasteiger partial charge in [0.1, 0.15) is 0 Å². The molecule has 2 aromatic heterocycles. The van der Waals surface area contributed by atoms with Crippen LogP contribution in [0.3, 0.4) is 0 Å². The second-order valence-electron chi connectivity index (χ2n) is 7.29. The number of likely N-dealkylation sites (tertiary alicyclic amines) is 1. The topological polar surface area (TPSA) is 67.2 Å². The van der Waals surface area contributed by atoms with Crippen LogP contribution in [0.5, 0.6) is 0 Å². The van der Waals surface area contributed by atoms with E-state index in [4.69, 9.17) is 0 Å². The van der Waals surface area contributed by atoms with Crippen molar-refractivity contribution in [2.45, 2.75) is 33.4 Å². The number of carbonyl (C=O) groups is 2. The van der Waals surface area contributed by atoms with Crippen molar-refractivity contribution in [2.24, 2.45) is 5.92 Å². The van der Waals surface area contributed by atoms with Crippen LogP contribution in [0.1, 0.15) is 24.7 Å². The lowest BCUT2D eigenvalue weighted by molar-refractivity contribution is -0.128. The van der Waals surface area contributed by atoms with Gasteiger partial charge in [-0.1, -0.05) is 6.07 Å². The lowest BCUT2D eigenvalue weighted by atomic mass is 10.1. The minimum Gasteiger partial charge on any atom is -0.345 e. The first-order valence-corrected chi connectivity index (χ1v) is 9.63. The van der Waals surface area contributed by atoms with E-state index in [0.29, 0.717) is 13.1 Å². The van der Waals surface area contributed by atoms with Crippen molar-refractivity contribution >= 4 is 28.4 Å². The maximum Gasteiger partial charge on any atom is 0.229 e. The number of carbonyl (C=O) groups excluding carboxylic acids is 2. The number of benzene rings is 1. The summed E-state index contributed by atoms with van der Waals surface area (Å²) in [5, 5.41) is 4.09. The van der Waals surface area contributed by atoms with Gasteiger partial charge in [-0.2, -0.15) is 0 Å². The summed E-state index contributed by atoms with van der Waals surface area (Å²) in [5.41, 5.74) is 3.96. The second kappa shape index (κ2) is 7.46. The monoisotopic (exact) mass is 376 g/mol. The minimum absolute atomic E-state index is 0.00287. The molecule has 1 aromatic carbocycles. The molecule has 1 atom stereocenters. The quantitative estimate of drug-likeness (QED) is 0.743. The predicted octanol–water partition coefficient (Wildman–Crippen LogP) is 3.35. The van der Waals surface area contributed by atoms with Crippen LogP contribution in [-0.2, 0) is 22.7 Å². The normalized spacial score (nSPS) is 16.7. The third kappa shape index (κ3) is 3.50. The lowest BCUT2D eigenvalue weighted by Gasteiger charge is -2.16. The number of aromatic nitrogens is 2. The zero-order chi connectivity index (χ0) is 19.7. The number of nitrogens with one attached hydrogen (secondary N) is 1. The Morgan fingerprint density at radius 1 is 1.25 bits per heavy atom. The van der Waals surface area contributed by atoms with Crippen LogP contribution in [0.15, 0.2) is 48.7 Å². The fraction of sp³-hybridized carbons (Fsp3) is 0.318. The number of anilines is 1. The highest BCUT2D eigenvalue weighted by atomic mass is 16.2. The fourth-order valence-electron chi connectivity index (χ4n) is 3.94. The molecule has 0 saturated carbocycles. The van der Waals surface area contributed by atoms with E-state index in [-0.39, 0.29) is 24.2 Å². The van der Waals surface area contributed by atoms with Gasteiger partial charge in [0, 0.05) is 48.0 Å². The third-order valence-electron chi connectivity index (χ3n) is 5.36. The summed E-state index contributed by atoms with van der Waals surface area (Å²) in [5.74, 6) is -0.450. The van der Waals surface area contributed by atoms with Crippen molar-refractivity contribution in [2.75, 3.05) is 11.9 Å². The Balaban J connectivity index is 1.44. The summed E-state index contributed by atoms with van der Waals surface area (Å²) in [6, 6.07) is 13.7. The van der Waals surface area contributed by atoms with E-state index in [1.807, 2.05) is 36.4 Å². The average molecular weight is 376 g/mol. The van der Waals surface area contributed by atoms with E-state index in [1.165, 1.54) is 5.69 Å². The molecule has 6 nitrogen and oxygen atoms in total. The maximum atomic E-state index is 12.7. The number of hydrogen-bond acceptors (Lipinski definition) is 3. The fourth-order valence-corrected chi connectivity index (χ4v) is 3.94. The van der Waals surface area contributed by atoms with Crippen LogP contribution < -0.4 is 5.32 Å². The van der Waals surface area contributed by atoms with E-state index in [2.05, 4.69) is 34.8 Å². The highest BCUT2D eigenvalue weighted by Crippen LogP contribution is 2.25. The van der Waals surface area contributed by atoms with Gasteiger partial charge in [0.15, 0.2) is 0 Å². The molecule has 144 valence electrons. The van der Waals surface area contributed by atoms with Crippen LogP contribution in [0.2, 0.25) is 0 Å². The second-order valence-corrected chi connectivity index (χ2v) is 7.29. The Morgan fingerprint density at radius 3 is 2.86 bits per heavy atom. The van der Waals surface area contributed by atoms with Gasteiger partial charge in [0.25, 0.3) is 0 Å². The molecular formula is C22H24N4O2. The Labute approximate surface area is 164 Å². The SMILES string of the molecule is CCn1c(C)cc2cc(NC(=O)C3CC(=O)N(Cc4ccccn4)C3)ccc21. The number of aryl methyl sites for hydroxylation is 2. The van der Waals surface area contributed by atoms with E-state index in [9.17, 15) is 9.59 Å². The Morgan fingerprint density at radius 2 is 2.11 bits per heavy atom. The summed E-state index contributed by atoms with van der Waals surface area (Å²) >= 11 is 0. The Bertz CT molecular complexity index is 1030. The van der Waals surface area contributed by atoms with Crippen molar-refractivity contribution in [1.29, 1.82) is 0 Å². The van der Waals surface area contributed by atoms with Crippen LogP contribution in [-0.4, -0.2) is 32.8 Å². The summed E-state index contributed by atoms with van der Waals surface area (Å²) < 4.78 is 2.24. The van der Waals surface area contributed by atoms with Crippen LogP contribution in [0, 0.1) is 12.8 Å². The van der Waals surface area contributed by atoms with Gasteiger partial charge in [-0.05, 0) is 50.2 Å². The van der Waals surface area contributed by atoms with Crippen molar-refractivity contribution < 1.29 is 9.59 Å². The molecule has 1 aliphatic heterocycles. The molecule has 6 heteroatoms. The number of rotatable bonds is 5. The van der Waals surface area contributed by atoms with Gasteiger partial charge in [0.05, 0.1) is 18.2 Å². The molecule has 0 aliphatic carbocycles. The van der Waals surface area contributed by atoms with Gasteiger partial charge in [-0.15, -0.1) is 0 Å². The van der Waals surface area contributed by atoms with Gasteiger partial charge < -0.3 is 14.8 Å². The molecule has 1 fully saturated rings. The summed E-state index contributed by atoms with van der Waals surface area (Å²) in [6.07, 6.45) is 1.95. The van der Waals surface area contributed by atoms with Gasteiger partial charge in [-0.25, -0.2) is 0 Å². The molecule has 0 spiro atoms. The van der Waals surface area contributed by atoms with Crippen LogP contribution in [0.4, 0.5) is 5.69 Å². The standard InChI is InChI=1S/C22H24N4O2/c1-3-26-15(2)10-16-11-18(7-8-20(16)26)24-22(28)17-12-21(27)25(13-17)14-19-6-4-5-9-23-19/h4-11,17H,3,12-14H2,1-2H3,(H,24,28). The Kier molecular flexibility index (Phi) is 4.86. The summed E-state index contributed by atoms with van der Waals surface area (Å²) in [6.45, 7) is 5.99. The number of fused-ring (bicyclic) bond motifs is 1. The zero-order valence-corrected chi connectivity index (χ0v) is 16.2. The summed E-state index contributed by atoms with van der Waals surface area (Å²) in [7, 11) is 0. The summed E-state index contributed by atoms with van der Waals surface area (Å²) in [4.78, 5) is 31.0. The lowest BCUT2D eigenvalue weighted by Crippen LogP contribution is -2.28. The van der Waals surface area contributed by atoms with E-state index in [1.54, 1.807) is 11.1 Å². The minimum atomic E-state index is -0.339. The highest BCUT2D eigenvalue weighted by molar-refractivity contribution is 5.98. The molecule has 3 heterocycles. The van der Waals surface area contributed by atoms with Crippen molar-refractivity contribution in [3.05, 3.63) is 60.0 Å². The molecule has 2 amide bonds. The molecule has 1 unspecified atom stereocenters. The van der Waals surface area contributed by atoms with Gasteiger partial charge in [-0.3, -0.25) is 14.6 Å². The number of hydrogen-bond donors (Lipinski definition) is 1. The van der Waals surface area contributed by atoms with Gasteiger partial charge in [0.2, 0.25) is 11.8 Å². The molecule has 0 bridgehead atoms. The molecule has 28 heavy (non-hydrogen) atoms. The van der Waals surface area contributed by atoms with Crippen molar-refractivity contribution in [3.8, 4) is 0 Å². The highest BCUT2D eigenvalue weighted by Gasteiger charge is 2.34. The number of nitrogens with zero attached hydrogens (tertiary/aromatic N) is 3. The van der Waals surface area contributed by atoms with Gasteiger partial charge >= 0.3 is 0 Å². The first kappa shape index (κ1) is 18.2. The molecule has 1 N–H and O–H groups in total. The Hall–Kier alpha value is -3.15. The number of pyridine rings is 1. The average Bonchev–Trinajstić information content (AvgIpc) is 3.21. The van der Waals surface area contributed by atoms with Crippen molar-refractivity contribution in [3.63, 3.8) is 0 Å². The molecule has 1 saturated heterocycles. The van der Waals surface area contributed by atoms with Crippen LogP contribution >= 0.6 is 0 Å². The van der Waals surface area contributed by atoms with Crippen LogP contribution in [0.25, 0.3) is 10.9 Å². The first-order valence-electron chi connectivity index (χ1n) is 9.63. The zero-order valence-electron chi connectivity index (χ0n) is 16.2. The van der Waals surface area contributed by atoms with E-state index in [0.717, 1.165) is 28.8 Å².